The minimum atomic E-state index is 0.521. The lowest BCUT2D eigenvalue weighted by Gasteiger charge is -2.33. The number of benzene rings is 1. The van der Waals surface area contributed by atoms with Crippen molar-refractivity contribution in [3.8, 4) is 5.75 Å². The summed E-state index contributed by atoms with van der Waals surface area (Å²) < 4.78 is 5.45. The van der Waals surface area contributed by atoms with Gasteiger partial charge in [-0.15, -0.1) is 0 Å². The fourth-order valence-electron chi connectivity index (χ4n) is 3.89. The van der Waals surface area contributed by atoms with Crippen molar-refractivity contribution < 1.29 is 4.74 Å². The van der Waals surface area contributed by atoms with Crippen molar-refractivity contribution in [2.75, 3.05) is 19.0 Å². The van der Waals surface area contributed by atoms with Crippen LogP contribution in [0.4, 0.5) is 5.69 Å². The van der Waals surface area contributed by atoms with E-state index in [0.717, 1.165) is 16.5 Å². The molecule has 3 rings (SSSR count). The fraction of sp³-hybridized carbons (Fsp3) is 0.647. The molecule has 2 fully saturated rings. The molecule has 21 heavy (non-hydrogen) atoms. The maximum atomic E-state index is 6.14. The number of nitrogens with one attached hydrogen (secondary N) is 2. The number of hydrogen-bond acceptors (Lipinski definition) is 3. The van der Waals surface area contributed by atoms with Crippen LogP contribution in [0.25, 0.3) is 0 Å². The zero-order valence-electron chi connectivity index (χ0n) is 12.7. The van der Waals surface area contributed by atoms with E-state index in [1.54, 1.807) is 7.11 Å². The number of piperidine rings is 1. The minimum absolute atomic E-state index is 0.521. The van der Waals surface area contributed by atoms with Crippen LogP contribution in [0.2, 0.25) is 5.02 Å². The van der Waals surface area contributed by atoms with E-state index >= 15 is 0 Å². The van der Waals surface area contributed by atoms with Crippen LogP contribution < -0.4 is 15.4 Å². The Kier molecular flexibility index (Phi) is 4.91. The topological polar surface area (TPSA) is 33.3 Å². The number of rotatable bonds is 4. The normalized spacial score (nSPS) is 29.3. The first-order chi connectivity index (χ1) is 10.3. The third-order valence-corrected chi connectivity index (χ3v) is 5.17. The van der Waals surface area contributed by atoms with Crippen LogP contribution in [-0.2, 0) is 0 Å². The van der Waals surface area contributed by atoms with Gasteiger partial charge in [-0.25, -0.2) is 0 Å². The summed E-state index contributed by atoms with van der Waals surface area (Å²) in [4.78, 5) is 0. The SMILES string of the molecule is COc1ccc(Cl)cc1NC1CCCC1C1CCCCN1. The Hall–Kier alpha value is -0.930. The molecule has 4 heteroatoms. The van der Waals surface area contributed by atoms with Gasteiger partial charge in [0.25, 0.3) is 0 Å². The molecule has 1 aliphatic carbocycles. The van der Waals surface area contributed by atoms with Gasteiger partial charge in [0.2, 0.25) is 0 Å². The van der Waals surface area contributed by atoms with Gasteiger partial charge in [0, 0.05) is 17.1 Å². The Morgan fingerprint density at radius 2 is 2.10 bits per heavy atom. The molecule has 1 saturated heterocycles. The molecule has 1 aliphatic heterocycles. The first-order valence-corrected chi connectivity index (χ1v) is 8.49. The molecule has 3 unspecified atom stereocenters. The van der Waals surface area contributed by atoms with Gasteiger partial charge in [0.05, 0.1) is 12.8 Å². The molecule has 0 aromatic heterocycles. The first-order valence-electron chi connectivity index (χ1n) is 8.11. The second-order valence-electron chi connectivity index (χ2n) is 6.25. The van der Waals surface area contributed by atoms with E-state index < -0.39 is 0 Å². The molecular weight excluding hydrogens is 284 g/mol. The van der Waals surface area contributed by atoms with Crippen LogP contribution in [0.5, 0.6) is 5.75 Å². The summed E-state index contributed by atoms with van der Waals surface area (Å²) in [6.45, 7) is 1.17. The molecule has 1 heterocycles. The summed E-state index contributed by atoms with van der Waals surface area (Å²) in [5, 5.41) is 8.17. The molecule has 1 saturated carbocycles. The largest absolute Gasteiger partial charge is 0.495 e. The highest BCUT2D eigenvalue weighted by molar-refractivity contribution is 6.30. The van der Waals surface area contributed by atoms with E-state index in [1.807, 2.05) is 18.2 Å². The maximum Gasteiger partial charge on any atom is 0.142 e. The van der Waals surface area contributed by atoms with E-state index in [4.69, 9.17) is 16.3 Å². The third kappa shape index (κ3) is 3.46. The molecule has 3 nitrogen and oxygen atoms in total. The second-order valence-corrected chi connectivity index (χ2v) is 6.68. The van der Waals surface area contributed by atoms with Crippen LogP contribution in [0.1, 0.15) is 38.5 Å². The molecule has 1 aromatic carbocycles. The zero-order chi connectivity index (χ0) is 14.7. The van der Waals surface area contributed by atoms with Crippen molar-refractivity contribution in [1.82, 2.24) is 5.32 Å². The Morgan fingerprint density at radius 1 is 1.19 bits per heavy atom. The van der Waals surface area contributed by atoms with E-state index in [0.29, 0.717) is 18.0 Å². The number of hydrogen-bond donors (Lipinski definition) is 2. The molecule has 0 radical (unpaired) electrons. The van der Waals surface area contributed by atoms with Crippen molar-refractivity contribution >= 4 is 17.3 Å². The number of halogens is 1. The van der Waals surface area contributed by atoms with Crippen LogP contribution in [0, 0.1) is 5.92 Å². The summed E-state index contributed by atoms with van der Waals surface area (Å²) in [7, 11) is 1.71. The van der Waals surface area contributed by atoms with Gasteiger partial charge in [0.1, 0.15) is 5.75 Å². The predicted octanol–water partition coefficient (Wildman–Crippen LogP) is 4.07. The second kappa shape index (κ2) is 6.89. The smallest absolute Gasteiger partial charge is 0.142 e. The number of methoxy groups -OCH3 is 1. The molecule has 1 aromatic rings. The van der Waals surface area contributed by atoms with E-state index in [-0.39, 0.29) is 0 Å². The quantitative estimate of drug-likeness (QED) is 0.879. The third-order valence-electron chi connectivity index (χ3n) is 4.94. The van der Waals surface area contributed by atoms with E-state index in [2.05, 4.69) is 10.6 Å². The Balaban J connectivity index is 1.72. The van der Waals surface area contributed by atoms with Crippen molar-refractivity contribution in [3.05, 3.63) is 23.2 Å². The van der Waals surface area contributed by atoms with Gasteiger partial charge in [-0.1, -0.05) is 24.4 Å². The fourth-order valence-corrected chi connectivity index (χ4v) is 4.06. The van der Waals surface area contributed by atoms with E-state index in [9.17, 15) is 0 Å². The average molecular weight is 309 g/mol. The van der Waals surface area contributed by atoms with Crippen LogP contribution in [-0.4, -0.2) is 25.7 Å². The summed E-state index contributed by atoms with van der Waals surface area (Å²) in [6, 6.07) is 6.98. The van der Waals surface area contributed by atoms with Gasteiger partial charge in [-0.3, -0.25) is 0 Å². The van der Waals surface area contributed by atoms with Gasteiger partial charge in [-0.05, 0) is 56.3 Å². The summed E-state index contributed by atoms with van der Waals surface area (Å²) >= 11 is 6.14. The standard InChI is InChI=1S/C17H25ClN2O/c1-21-17-9-8-12(18)11-16(17)20-15-7-4-5-13(15)14-6-2-3-10-19-14/h8-9,11,13-15,19-20H,2-7,10H2,1H3. The highest BCUT2D eigenvalue weighted by Crippen LogP contribution is 2.36. The lowest BCUT2D eigenvalue weighted by atomic mass is 9.88. The lowest BCUT2D eigenvalue weighted by molar-refractivity contribution is 0.286. The molecule has 116 valence electrons. The van der Waals surface area contributed by atoms with Gasteiger partial charge in [0.15, 0.2) is 0 Å². The van der Waals surface area contributed by atoms with Gasteiger partial charge < -0.3 is 15.4 Å². The van der Waals surface area contributed by atoms with Crippen LogP contribution >= 0.6 is 11.6 Å². The van der Waals surface area contributed by atoms with Crippen LogP contribution in [0.3, 0.4) is 0 Å². The molecule has 0 spiro atoms. The molecule has 0 bridgehead atoms. The van der Waals surface area contributed by atoms with Crippen molar-refractivity contribution in [2.45, 2.75) is 50.6 Å². The number of anilines is 1. The molecule has 3 atom stereocenters. The summed E-state index contributed by atoms with van der Waals surface area (Å²) in [5.41, 5.74) is 1.03. The predicted molar refractivity (Wildman–Crippen MR) is 88.4 cm³/mol. The number of ether oxygens (including phenoxy) is 1. The van der Waals surface area contributed by atoms with Gasteiger partial charge >= 0.3 is 0 Å². The van der Waals surface area contributed by atoms with E-state index in [1.165, 1.54) is 45.1 Å². The molecule has 0 amide bonds. The minimum Gasteiger partial charge on any atom is -0.495 e. The monoisotopic (exact) mass is 308 g/mol. The zero-order valence-corrected chi connectivity index (χ0v) is 13.5. The highest BCUT2D eigenvalue weighted by atomic mass is 35.5. The van der Waals surface area contributed by atoms with Crippen molar-refractivity contribution in [3.63, 3.8) is 0 Å². The highest BCUT2D eigenvalue weighted by Gasteiger charge is 2.34. The summed E-state index contributed by atoms with van der Waals surface area (Å²) in [5.74, 6) is 1.59. The van der Waals surface area contributed by atoms with Crippen LogP contribution in [0.15, 0.2) is 18.2 Å². The average Bonchev–Trinajstić information content (AvgIpc) is 2.96. The molecular formula is C17H25ClN2O. The Bertz CT molecular complexity index is 474. The first kappa shape index (κ1) is 15.0. The Labute approximate surface area is 132 Å². The molecule has 2 N–H and O–H groups in total. The lowest BCUT2D eigenvalue weighted by Crippen LogP contribution is -2.44. The van der Waals surface area contributed by atoms with Crippen molar-refractivity contribution in [1.29, 1.82) is 0 Å². The Morgan fingerprint density at radius 3 is 2.86 bits per heavy atom. The summed E-state index contributed by atoms with van der Waals surface area (Å²) in [6.07, 6.45) is 7.86. The van der Waals surface area contributed by atoms with Gasteiger partial charge in [-0.2, -0.15) is 0 Å². The molecule has 2 aliphatic rings. The van der Waals surface area contributed by atoms with Crippen molar-refractivity contribution in [2.24, 2.45) is 5.92 Å². The maximum absolute atomic E-state index is 6.14.